The minimum absolute atomic E-state index is 0.204. The molecule has 1 unspecified atom stereocenters. The van der Waals surface area contributed by atoms with Crippen molar-refractivity contribution < 1.29 is 14.6 Å². The van der Waals surface area contributed by atoms with Crippen LogP contribution in [0, 0.1) is 6.92 Å². The number of aromatic nitrogens is 2. The van der Waals surface area contributed by atoms with Crippen LogP contribution in [0.25, 0.3) is 0 Å². The molecule has 1 saturated heterocycles. The second-order valence-electron chi connectivity index (χ2n) is 4.86. The Labute approximate surface area is 123 Å². The summed E-state index contributed by atoms with van der Waals surface area (Å²) in [4.78, 5) is 20.0. The van der Waals surface area contributed by atoms with Gasteiger partial charge in [0, 0.05) is 18.8 Å². The van der Waals surface area contributed by atoms with Crippen LogP contribution in [-0.2, 0) is 11.2 Å². The molecule has 1 aliphatic rings. The van der Waals surface area contributed by atoms with E-state index in [2.05, 4.69) is 9.97 Å². The van der Waals surface area contributed by atoms with E-state index in [1.54, 1.807) is 6.92 Å². The summed E-state index contributed by atoms with van der Waals surface area (Å²) < 4.78 is 5.68. The molecule has 0 bridgehead atoms. The summed E-state index contributed by atoms with van der Waals surface area (Å²) in [6, 6.07) is 0. The fourth-order valence-electron chi connectivity index (χ4n) is 2.22. The molecule has 5 nitrogen and oxygen atoms in total. The first-order chi connectivity index (χ1) is 9.61. The van der Waals surface area contributed by atoms with Gasteiger partial charge in [-0.1, -0.05) is 6.92 Å². The van der Waals surface area contributed by atoms with Crippen molar-refractivity contribution in [1.29, 1.82) is 0 Å². The third-order valence-corrected chi connectivity index (χ3v) is 4.42. The van der Waals surface area contributed by atoms with Gasteiger partial charge in [0.25, 0.3) is 0 Å². The summed E-state index contributed by atoms with van der Waals surface area (Å²) in [5.41, 5.74) is 0.763. The zero-order valence-corrected chi connectivity index (χ0v) is 12.7. The molecule has 1 N–H and O–H groups in total. The number of carboxylic acid groups (broad SMARTS) is 1. The van der Waals surface area contributed by atoms with E-state index in [9.17, 15) is 9.90 Å². The highest BCUT2D eigenvalue weighted by molar-refractivity contribution is 7.99. The Morgan fingerprint density at radius 3 is 2.85 bits per heavy atom. The van der Waals surface area contributed by atoms with Crippen LogP contribution in [0.15, 0.2) is 5.03 Å². The summed E-state index contributed by atoms with van der Waals surface area (Å²) in [7, 11) is 0. The van der Waals surface area contributed by atoms with Crippen molar-refractivity contribution in [3.8, 4) is 0 Å². The molecular weight excluding hydrogens is 276 g/mol. The van der Waals surface area contributed by atoms with Crippen LogP contribution >= 0.6 is 11.8 Å². The molecule has 2 rings (SSSR count). The fourth-order valence-corrected chi connectivity index (χ4v) is 3.38. The maximum Gasteiger partial charge on any atom is 0.340 e. The number of carbonyl (C=O) groups is 1. The first kappa shape index (κ1) is 15.3. The van der Waals surface area contributed by atoms with E-state index in [0.29, 0.717) is 23.0 Å². The van der Waals surface area contributed by atoms with E-state index in [-0.39, 0.29) is 11.7 Å². The second kappa shape index (κ2) is 7.04. The van der Waals surface area contributed by atoms with Crippen molar-refractivity contribution >= 4 is 17.7 Å². The van der Waals surface area contributed by atoms with Gasteiger partial charge in [-0.05, 0) is 26.2 Å². The molecule has 0 spiro atoms. The molecule has 0 radical (unpaired) electrons. The highest BCUT2D eigenvalue weighted by atomic mass is 32.2. The molecule has 1 aromatic rings. The van der Waals surface area contributed by atoms with Crippen LogP contribution in [0.4, 0.5) is 0 Å². The lowest BCUT2D eigenvalue weighted by Gasteiger charge is -2.22. The summed E-state index contributed by atoms with van der Waals surface area (Å²) in [5.74, 6) is 0.483. The van der Waals surface area contributed by atoms with E-state index in [4.69, 9.17) is 4.74 Å². The van der Waals surface area contributed by atoms with Crippen LogP contribution in [-0.4, -0.2) is 39.5 Å². The number of rotatable bonds is 5. The van der Waals surface area contributed by atoms with Crippen molar-refractivity contribution in [2.45, 2.75) is 50.7 Å². The number of ether oxygens (including phenoxy) is 1. The Hall–Kier alpha value is -1.14. The zero-order chi connectivity index (χ0) is 14.5. The molecule has 2 heterocycles. The Bertz CT molecular complexity index is 488. The Balaban J connectivity index is 2.15. The lowest BCUT2D eigenvalue weighted by molar-refractivity contribution is 0.0315. The van der Waals surface area contributed by atoms with E-state index >= 15 is 0 Å². The van der Waals surface area contributed by atoms with E-state index in [1.807, 2.05) is 6.92 Å². The number of aromatic carboxylic acids is 1. The molecule has 0 amide bonds. The van der Waals surface area contributed by atoms with Crippen LogP contribution in [0.5, 0.6) is 0 Å². The average Bonchev–Trinajstić information content (AvgIpc) is 2.45. The normalized spacial score (nSPS) is 19.0. The van der Waals surface area contributed by atoms with Crippen LogP contribution < -0.4 is 0 Å². The highest BCUT2D eigenvalue weighted by Gasteiger charge is 2.20. The lowest BCUT2D eigenvalue weighted by atomic mass is 10.1. The molecular formula is C14H20N2O3S. The number of carboxylic acids is 1. The van der Waals surface area contributed by atoms with E-state index < -0.39 is 5.97 Å². The SMILES string of the molecule is CCc1nc(C)c(C(=O)O)c(SCC2CCCCO2)n1. The van der Waals surface area contributed by atoms with Gasteiger partial charge in [0.1, 0.15) is 16.4 Å². The quantitative estimate of drug-likeness (QED) is 0.665. The maximum absolute atomic E-state index is 11.4. The van der Waals surface area contributed by atoms with E-state index in [0.717, 1.165) is 25.2 Å². The largest absolute Gasteiger partial charge is 0.478 e. The third-order valence-electron chi connectivity index (χ3n) is 3.31. The number of hydrogen-bond donors (Lipinski definition) is 1. The standard InChI is InChI=1S/C14H20N2O3S/c1-3-11-15-9(2)12(14(17)18)13(16-11)20-8-10-6-4-5-7-19-10/h10H,3-8H2,1-2H3,(H,17,18). The third kappa shape index (κ3) is 3.70. The molecule has 0 aliphatic carbocycles. The minimum Gasteiger partial charge on any atom is -0.478 e. The topological polar surface area (TPSA) is 72.3 Å². The maximum atomic E-state index is 11.4. The fraction of sp³-hybridized carbons (Fsp3) is 0.643. The summed E-state index contributed by atoms with van der Waals surface area (Å²) in [5, 5.41) is 9.89. The van der Waals surface area contributed by atoms with Gasteiger partial charge in [0.05, 0.1) is 11.8 Å². The lowest BCUT2D eigenvalue weighted by Crippen LogP contribution is -2.21. The number of hydrogen-bond acceptors (Lipinski definition) is 5. The van der Waals surface area contributed by atoms with Crippen molar-refractivity contribution in [1.82, 2.24) is 9.97 Å². The van der Waals surface area contributed by atoms with Gasteiger partial charge in [-0.15, -0.1) is 11.8 Å². The zero-order valence-electron chi connectivity index (χ0n) is 11.9. The number of aryl methyl sites for hydroxylation is 2. The molecule has 0 aromatic carbocycles. The van der Waals surface area contributed by atoms with Gasteiger partial charge in [-0.3, -0.25) is 0 Å². The van der Waals surface area contributed by atoms with Crippen LogP contribution in [0.1, 0.15) is 48.1 Å². The molecule has 1 fully saturated rings. The monoisotopic (exact) mass is 296 g/mol. The molecule has 110 valence electrons. The number of nitrogens with zero attached hydrogens (tertiary/aromatic N) is 2. The van der Waals surface area contributed by atoms with Crippen molar-refractivity contribution in [3.63, 3.8) is 0 Å². The summed E-state index contributed by atoms with van der Waals surface area (Å²) >= 11 is 1.47. The molecule has 1 aromatic heterocycles. The van der Waals surface area contributed by atoms with Gasteiger partial charge in [0.15, 0.2) is 0 Å². The minimum atomic E-state index is -0.961. The van der Waals surface area contributed by atoms with Crippen molar-refractivity contribution in [2.24, 2.45) is 0 Å². The van der Waals surface area contributed by atoms with Gasteiger partial charge < -0.3 is 9.84 Å². The summed E-state index contributed by atoms with van der Waals surface area (Å²) in [6.07, 6.45) is 4.25. The summed E-state index contributed by atoms with van der Waals surface area (Å²) in [6.45, 7) is 4.50. The first-order valence-electron chi connectivity index (χ1n) is 6.97. The smallest absolute Gasteiger partial charge is 0.340 e. The Kier molecular flexibility index (Phi) is 5.37. The average molecular weight is 296 g/mol. The Morgan fingerprint density at radius 2 is 2.25 bits per heavy atom. The predicted molar refractivity (Wildman–Crippen MR) is 77.4 cm³/mol. The number of thioether (sulfide) groups is 1. The molecule has 20 heavy (non-hydrogen) atoms. The second-order valence-corrected chi connectivity index (χ2v) is 5.87. The van der Waals surface area contributed by atoms with Crippen LogP contribution in [0.2, 0.25) is 0 Å². The molecule has 1 atom stereocenters. The molecule has 6 heteroatoms. The predicted octanol–water partition coefficient (Wildman–Crippen LogP) is 2.71. The van der Waals surface area contributed by atoms with E-state index in [1.165, 1.54) is 18.2 Å². The van der Waals surface area contributed by atoms with Crippen LogP contribution in [0.3, 0.4) is 0 Å². The van der Waals surface area contributed by atoms with Gasteiger partial charge >= 0.3 is 5.97 Å². The van der Waals surface area contributed by atoms with Gasteiger partial charge in [-0.25, -0.2) is 14.8 Å². The highest BCUT2D eigenvalue weighted by Crippen LogP contribution is 2.26. The van der Waals surface area contributed by atoms with Crippen molar-refractivity contribution in [3.05, 3.63) is 17.1 Å². The Morgan fingerprint density at radius 1 is 1.45 bits per heavy atom. The van der Waals surface area contributed by atoms with Crippen molar-refractivity contribution in [2.75, 3.05) is 12.4 Å². The molecule has 0 saturated carbocycles. The molecule has 1 aliphatic heterocycles. The van der Waals surface area contributed by atoms with Gasteiger partial charge in [0.2, 0.25) is 0 Å². The van der Waals surface area contributed by atoms with Gasteiger partial charge in [-0.2, -0.15) is 0 Å². The first-order valence-corrected chi connectivity index (χ1v) is 7.95.